The van der Waals surface area contributed by atoms with Crippen molar-refractivity contribution in [1.82, 2.24) is 5.43 Å². The summed E-state index contributed by atoms with van der Waals surface area (Å²) < 4.78 is 10.5. The van der Waals surface area contributed by atoms with Crippen LogP contribution in [0.2, 0.25) is 0 Å². The molecule has 1 aromatic heterocycles. The second-order valence-corrected chi connectivity index (χ2v) is 4.23. The minimum Gasteiger partial charge on any atom is -0.462 e. The van der Waals surface area contributed by atoms with Gasteiger partial charge in [0, 0.05) is 5.56 Å². The van der Waals surface area contributed by atoms with Crippen LogP contribution in [0.25, 0.3) is 11.3 Å². The molecule has 2 aromatic rings. The van der Waals surface area contributed by atoms with Gasteiger partial charge >= 0.3 is 12.0 Å². The van der Waals surface area contributed by atoms with Crippen molar-refractivity contribution in [3.63, 3.8) is 0 Å². The van der Waals surface area contributed by atoms with Crippen molar-refractivity contribution in [2.75, 3.05) is 6.61 Å². The van der Waals surface area contributed by atoms with Crippen LogP contribution in [-0.2, 0) is 4.74 Å². The van der Waals surface area contributed by atoms with Crippen molar-refractivity contribution in [1.29, 1.82) is 0 Å². The number of carbonyl (C=O) groups is 2. The first-order valence-corrected chi connectivity index (χ1v) is 6.56. The number of hydrazone groups is 1. The zero-order chi connectivity index (χ0) is 15.9. The number of carbonyl (C=O) groups excluding carboxylic acids is 2. The molecule has 0 atom stereocenters. The highest BCUT2D eigenvalue weighted by Crippen LogP contribution is 2.22. The third-order valence-electron chi connectivity index (χ3n) is 2.67. The maximum absolute atomic E-state index is 11.6. The molecule has 114 valence electrons. The van der Waals surface area contributed by atoms with E-state index in [9.17, 15) is 9.59 Å². The van der Waals surface area contributed by atoms with Crippen LogP contribution in [0.15, 0.2) is 45.9 Å². The van der Waals surface area contributed by atoms with Crippen molar-refractivity contribution in [2.45, 2.75) is 6.92 Å². The number of hydrogen-bond acceptors (Lipinski definition) is 5. The third-order valence-corrected chi connectivity index (χ3v) is 2.67. The largest absolute Gasteiger partial charge is 0.462 e. The Morgan fingerprint density at radius 2 is 2.00 bits per heavy atom. The molecule has 0 fully saturated rings. The average Bonchev–Trinajstić information content (AvgIpc) is 2.96. The molecule has 2 amide bonds. The van der Waals surface area contributed by atoms with Gasteiger partial charge in [-0.15, -0.1) is 0 Å². The van der Waals surface area contributed by atoms with E-state index >= 15 is 0 Å². The highest BCUT2D eigenvalue weighted by atomic mass is 16.5. The van der Waals surface area contributed by atoms with Gasteiger partial charge in [0.1, 0.15) is 11.5 Å². The molecule has 7 heteroatoms. The number of furan rings is 1. The summed E-state index contributed by atoms with van der Waals surface area (Å²) in [5, 5.41) is 3.60. The molecule has 1 heterocycles. The molecule has 0 aliphatic heterocycles. The number of amides is 2. The Hall–Kier alpha value is -3.09. The minimum atomic E-state index is -0.752. The van der Waals surface area contributed by atoms with Gasteiger partial charge in [-0.2, -0.15) is 5.10 Å². The predicted molar refractivity (Wildman–Crippen MR) is 80.4 cm³/mol. The number of benzene rings is 1. The fourth-order valence-corrected chi connectivity index (χ4v) is 1.72. The first-order chi connectivity index (χ1) is 10.6. The third kappa shape index (κ3) is 3.95. The highest BCUT2D eigenvalue weighted by Gasteiger charge is 2.08. The van der Waals surface area contributed by atoms with Gasteiger partial charge in [0.2, 0.25) is 0 Å². The maximum atomic E-state index is 11.6. The number of nitrogens with one attached hydrogen (secondary N) is 1. The molecule has 0 saturated carbocycles. The Balaban J connectivity index is 2.09. The van der Waals surface area contributed by atoms with Crippen LogP contribution in [0.1, 0.15) is 23.0 Å². The van der Waals surface area contributed by atoms with Crippen molar-refractivity contribution in [2.24, 2.45) is 10.8 Å². The van der Waals surface area contributed by atoms with Gasteiger partial charge in [-0.1, -0.05) is 12.1 Å². The lowest BCUT2D eigenvalue weighted by Gasteiger charge is -2.02. The zero-order valence-electron chi connectivity index (χ0n) is 11.9. The second-order valence-electron chi connectivity index (χ2n) is 4.23. The van der Waals surface area contributed by atoms with Gasteiger partial charge in [0.05, 0.1) is 18.4 Å². The Morgan fingerprint density at radius 1 is 1.27 bits per heavy atom. The van der Waals surface area contributed by atoms with E-state index in [-0.39, 0.29) is 5.97 Å². The summed E-state index contributed by atoms with van der Waals surface area (Å²) in [4.78, 5) is 22.0. The number of primary amides is 1. The second kappa shape index (κ2) is 7.07. The fourth-order valence-electron chi connectivity index (χ4n) is 1.72. The van der Waals surface area contributed by atoms with Gasteiger partial charge in [-0.3, -0.25) is 0 Å². The average molecular weight is 301 g/mol. The summed E-state index contributed by atoms with van der Waals surface area (Å²) in [6.07, 6.45) is 1.33. The molecule has 0 aliphatic rings. The van der Waals surface area contributed by atoms with E-state index in [1.807, 2.05) is 0 Å². The SMILES string of the molecule is CCOC(=O)c1ccc(-c2ccc(/C=N/NC(N)=O)o2)cc1. The van der Waals surface area contributed by atoms with Crippen molar-refractivity contribution < 1.29 is 18.7 Å². The van der Waals surface area contributed by atoms with E-state index in [1.165, 1.54) is 6.21 Å². The van der Waals surface area contributed by atoms with Crippen LogP contribution in [0, 0.1) is 0 Å². The van der Waals surface area contributed by atoms with E-state index in [0.29, 0.717) is 23.7 Å². The number of urea groups is 1. The molecule has 0 radical (unpaired) electrons. The zero-order valence-corrected chi connectivity index (χ0v) is 11.9. The lowest BCUT2D eigenvalue weighted by Crippen LogP contribution is -2.24. The van der Waals surface area contributed by atoms with E-state index in [1.54, 1.807) is 43.3 Å². The molecule has 22 heavy (non-hydrogen) atoms. The van der Waals surface area contributed by atoms with Crippen molar-refractivity contribution >= 4 is 18.2 Å². The van der Waals surface area contributed by atoms with Crippen molar-refractivity contribution in [3.05, 3.63) is 47.7 Å². The molecule has 0 unspecified atom stereocenters. The van der Waals surface area contributed by atoms with Gasteiger partial charge in [-0.25, -0.2) is 15.0 Å². The highest BCUT2D eigenvalue weighted by molar-refractivity contribution is 5.90. The Bertz CT molecular complexity index is 689. The Morgan fingerprint density at radius 3 is 2.64 bits per heavy atom. The molecule has 0 aliphatic carbocycles. The number of nitrogens with two attached hydrogens (primary N) is 1. The molecule has 0 saturated heterocycles. The number of esters is 1. The van der Waals surface area contributed by atoms with Crippen LogP contribution < -0.4 is 11.2 Å². The van der Waals surface area contributed by atoms with Crippen LogP contribution >= 0.6 is 0 Å². The summed E-state index contributed by atoms with van der Waals surface area (Å²) in [6, 6.07) is 9.54. The lowest BCUT2D eigenvalue weighted by atomic mass is 10.1. The lowest BCUT2D eigenvalue weighted by molar-refractivity contribution is 0.0526. The summed E-state index contributed by atoms with van der Waals surface area (Å²) in [6.45, 7) is 2.09. The number of rotatable bonds is 5. The molecule has 0 bridgehead atoms. The quantitative estimate of drug-likeness (QED) is 0.501. The van der Waals surface area contributed by atoms with Crippen LogP contribution in [0.3, 0.4) is 0 Å². The van der Waals surface area contributed by atoms with Gasteiger partial charge in [0.15, 0.2) is 0 Å². The fraction of sp³-hybridized carbons (Fsp3) is 0.133. The molecule has 0 spiro atoms. The Kier molecular flexibility index (Phi) is 4.92. The van der Waals surface area contributed by atoms with Crippen LogP contribution in [-0.4, -0.2) is 24.8 Å². The smallest absolute Gasteiger partial charge is 0.338 e. The molecule has 3 N–H and O–H groups in total. The number of hydrogen-bond donors (Lipinski definition) is 2. The van der Waals surface area contributed by atoms with Gasteiger partial charge in [0.25, 0.3) is 0 Å². The summed E-state index contributed by atoms with van der Waals surface area (Å²) in [5.74, 6) is 0.702. The van der Waals surface area contributed by atoms with Gasteiger partial charge in [-0.05, 0) is 31.2 Å². The first-order valence-electron chi connectivity index (χ1n) is 6.56. The van der Waals surface area contributed by atoms with Crippen LogP contribution in [0.5, 0.6) is 0 Å². The topological polar surface area (TPSA) is 107 Å². The minimum absolute atomic E-state index is 0.334. The number of nitrogens with zero attached hydrogens (tertiary/aromatic N) is 1. The van der Waals surface area contributed by atoms with Crippen molar-refractivity contribution in [3.8, 4) is 11.3 Å². The first kappa shape index (κ1) is 15.3. The van der Waals surface area contributed by atoms with E-state index in [4.69, 9.17) is 14.9 Å². The monoisotopic (exact) mass is 301 g/mol. The summed E-state index contributed by atoms with van der Waals surface area (Å²) in [7, 11) is 0. The molecular weight excluding hydrogens is 286 g/mol. The normalized spacial score (nSPS) is 10.6. The standard InChI is InChI=1S/C15H15N3O4/c1-2-21-14(19)11-5-3-10(4-6-11)13-8-7-12(22-13)9-17-18-15(16)20/h3-9H,2H2,1H3,(H3,16,18,20)/b17-9+. The summed E-state index contributed by atoms with van der Waals surface area (Å²) in [5.41, 5.74) is 8.23. The Labute approximate surface area is 126 Å². The molecule has 1 aromatic carbocycles. The molecular formula is C15H15N3O4. The van der Waals surface area contributed by atoms with E-state index in [0.717, 1.165) is 5.56 Å². The summed E-state index contributed by atoms with van der Waals surface area (Å²) >= 11 is 0. The van der Waals surface area contributed by atoms with Crippen LogP contribution in [0.4, 0.5) is 4.79 Å². The van der Waals surface area contributed by atoms with E-state index in [2.05, 4.69) is 10.5 Å². The molecule has 2 rings (SSSR count). The van der Waals surface area contributed by atoms with Gasteiger partial charge < -0.3 is 14.9 Å². The maximum Gasteiger partial charge on any atom is 0.338 e. The molecule has 7 nitrogen and oxygen atoms in total. The number of ether oxygens (including phenoxy) is 1. The van der Waals surface area contributed by atoms with E-state index < -0.39 is 6.03 Å². The predicted octanol–water partition coefficient (Wildman–Crippen LogP) is 2.13.